The largest absolute Gasteiger partial charge is 0.352 e. The van der Waals surface area contributed by atoms with Gasteiger partial charge in [0, 0.05) is 22.2 Å². The number of benzene rings is 2. The number of hydrogen-bond acceptors (Lipinski definition) is 2. The van der Waals surface area contributed by atoms with Gasteiger partial charge in [0.1, 0.15) is 0 Å². The van der Waals surface area contributed by atoms with Gasteiger partial charge in [0.2, 0.25) is 0 Å². The van der Waals surface area contributed by atoms with Gasteiger partial charge in [0.25, 0.3) is 5.91 Å². The van der Waals surface area contributed by atoms with Crippen LogP contribution in [0.25, 0.3) is 0 Å². The van der Waals surface area contributed by atoms with Crippen molar-refractivity contribution in [3.05, 3.63) is 68.7 Å². The Hall–Kier alpha value is -1.55. The second kappa shape index (κ2) is 5.68. The average Bonchev–Trinajstić information content (AvgIpc) is 2.49. The van der Waals surface area contributed by atoms with E-state index >= 15 is 0 Å². The van der Waals surface area contributed by atoms with Crippen LogP contribution in [0.1, 0.15) is 33.1 Å². The lowest BCUT2D eigenvalue weighted by molar-refractivity contribution is 0.0946. The summed E-state index contributed by atoms with van der Waals surface area (Å²) in [5, 5.41) is 3.99. The lowest BCUT2D eigenvalue weighted by Crippen LogP contribution is -2.32. The average molecular weight is 321 g/mol. The van der Waals surface area contributed by atoms with Crippen molar-refractivity contribution >= 4 is 29.1 Å². The Morgan fingerprint density at radius 3 is 2.76 bits per heavy atom. The van der Waals surface area contributed by atoms with Crippen LogP contribution < -0.4 is 11.1 Å². The van der Waals surface area contributed by atoms with E-state index < -0.39 is 6.04 Å². The van der Waals surface area contributed by atoms with Crippen LogP contribution in [0.15, 0.2) is 36.4 Å². The van der Waals surface area contributed by atoms with Crippen molar-refractivity contribution < 1.29 is 4.79 Å². The Bertz CT molecular complexity index is 715. The van der Waals surface area contributed by atoms with Crippen LogP contribution in [0, 0.1) is 0 Å². The first kappa shape index (κ1) is 14.4. The van der Waals surface area contributed by atoms with E-state index in [1.54, 1.807) is 18.2 Å². The quantitative estimate of drug-likeness (QED) is 0.891. The molecule has 1 heterocycles. The minimum absolute atomic E-state index is 0.0532. The summed E-state index contributed by atoms with van der Waals surface area (Å²) in [6.45, 7) is 0.678. The Morgan fingerprint density at radius 1 is 1.14 bits per heavy atom. The van der Waals surface area contributed by atoms with Crippen LogP contribution in [0.2, 0.25) is 10.0 Å². The predicted octanol–water partition coefficient (Wildman–Crippen LogP) is 3.33. The third kappa shape index (κ3) is 2.77. The minimum atomic E-state index is -0.420. The Kier molecular flexibility index (Phi) is 3.89. The first-order valence-corrected chi connectivity index (χ1v) is 7.43. The van der Waals surface area contributed by atoms with Crippen LogP contribution in [-0.2, 0) is 6.42 Å². The SMILES string of the molecule is NC(c1ccc2c(c1)C(=O)NCC2)c1cc(Cl)ccc1Cl. The molecule has 3 N–H and O–H groups in total. The van der Waals surface area contributed by atoms with Gasteiger partial charge in [-0.05, 0) is 47.4 Å². The molecule has 3 nitrogen and oxygen atoms in total. The van der Waals surface area contributed by atoms with Crippen molar-refractivity contribution in [2.75, 3.05) is 6.54 Å². The zero-order chi connectivity index (χ0) is 15.0. The summed E-state index contributed by atoms with van der Waals surface area (Å²) >= 11 is 12.2. The fourth-order valence-electron chi connectivity index (χ4n) is 2.56. The first-order valence-electron chi connectivity index (χ1n) is 6.68. The van der Waals surface area contributed by atoms with E-state index in [0.717, 1.165) is 23.1 Å². The summed E-state index contributed by atoms with van der Waals surface area (Å²) in [5.41, 5.74) is 9.62. The molecule has 0 bridgehead atoms. The number of hydrogen-bond donors (Lipinski definition) is 2. The Labute approximate surface area is 133 Å². The van der Waals surface area contributed by atoms with Gasteiger partial charge in [-0.25, -0.2) is 0 Å². The van der Waals surface area contributed by atoms with E-state index in [1.165, 1.54) is 0 Å². The topological polar surface area (TPSA) is 55.1 Å². The van der Waals surface area contributed by atoms with E-state index in [0.29, 0.717) is 22.2 Å². The molecule has 3 rings (SSSR count). The predicted molar refractivity (Wildman–Crippen MR) is 85.0 cm³/mol. The van der Waals surface area contributed by atoms with E-state index in [9.17, 15) is 4.79 Å². The molecular formula is C16H14Cl2N2O. The van der Waals surface area contributed by atoms with Gasteiger partial charge in [-0.3, -0.25) is 4.79 Å². The third-order valence-corrected chi connectivity index (χ3v) is 4.29. The molecule has 21 heavy (non-hydrogen) atoms. The summed E-state index contributed by atoms with van der Waals surface area (Å²) in [4.78, 5) is 11.9. The monoisotopic (exact) mass is 320 g/mol. The van der Waals surface area contributed by atoms with Crippen molar-refractivity contribution in [3.63, 3.8) is 0 Å². The molecule has 2 aromatic rings. The van der Waals surface area contributed by atoms with Crippen molar-refractivity contribution in [1.29, 1.82) is 0 Å². The maximum Gasteiger partial charge on any atom is 0.251 e. The van der Waals surface area contributed by atoms with E-state index in [1.807, 2.05) is 18.2 Å². The van der Waals surface area contributed by atoms with Crippen molar-refractivity contribution in [2.24, 2.45) is 5.73 Å². The standard InChI is InChI=1S/C16H14Cl2N2O/c17-11-3-4-14(18)13(8-11)15(19)10-2-1-9-5-6-20-16(21)12(9)7-10/h1-4,7-8,15H,5-6,19H2,(H,20,21). The maximum atomic E-state index is 11.9. The number of carbonyl (C=O) groups is 1. The number of nitrogens with two attached hydrogens (primary N) is 1. The number of amides is 1. The molecule has 2 aromatic carbocycles. The number of nitrogens with one attached hydrogen (secondary N) is 1. The second-order valence-electron chi connectivity index (χ2n) is 5.07. The van der Waals surface area contributed by atoms with Gasteiger partial charge in [-0.2, -0.15) is 0 Å². The molecule has 108 valence electrons. The van der Waals surface area contributed by atoms with Gasteiger partial charge in [0.15, 0.2) is 0 Å². The van der Waals surface area contributed by atoms with Gasteiger partial charge in [0.05, 0.1) is 6.04 Å². The van der Waals surface area contributed by atoms with E-state index in [2.05, 4.69) is 5.32 Å². The second-order valence-corrected chi connectivity index (χ2v) is 5.91. The summed E-state index contributed by atoms with van der Waals surface area (Å²) in [6, 6.07) is 10.5. The van der Waals surface area contributed by atoms with Gasteiger partial charge >= 0.3 is 0 Å². The number of carbonyl (C=O) groups excluding carboxylic acids is 1. The van der Waals surface area contributed by atoms with E-state index in [-0.39, 0.29) is 5.91 Å². The summed E-state index contributed by atoms with van der Waals surface area (Å²) in [7, 11) is 0. The highest BCUT2D eigenvalue weighted by Gasteiger charge is 2.20. The van der Waals surface area contributed by atoms with Crippen molar-refractivity contribution in [3.8, 4) is 0 Å². The van der Waals surface area contributed by atoms with Crippen LogP contribution in [0.3, 0.4) is 0 Å². The first-order chi connectivity index (χ1) is 10.1. The molecule has 1 unspecified atom stereocenters. The molecule has 1 aliphatic heterocycles. The van der Waals surface area contributed by atoms with Crippen LogP contribution >= 0.6 is 23.2 Å². The molecule has 1 aliphatic rings. The lowest BCUT2D eigenvalue weighted by Gasteiger charge is -2.20. The number of rotatable bonds is 2. The molecule has 0 saturated heterocycles. The molecule has 0 radical (unpaired) electrons. The smallest absolute Gasteiger partial charge is 0.251 e. The minimum Gasteiger partial charge on any atom is -0.352 e. The molecule has 0 fully saturated rings. The highest BCUT2D eigenvalue weighted by Crippen LogP contribution is 2.30. The fourth-order valence-corrected chi connectivity index (χ4v) is 2.97. The summed E-state index contributed by atoms with van der Waals surface area (Å²) in [5.74, 6) is -0.0532. The normalized spacial score (nSPS) is 15.3. The maximum absolute atomic E-state index is 11.9. The third-order valence-electron chi connectivity index (χ3n) is 3.71. The molecule has 1 amide bonds. The lowest BCUT2D eigenvalue weighted by atomic mass is 9.93. The molecule has 1 atom stereocenters. The number of halogens is 2. The summed E-state index contributed by atoms with van der Waals surface area (Å²) < 4.78 is 0. The zero-order valence-electron chi connectivity index (χ0n) is 11.2. The molecule has 5 heteroatoms. The molecule has 0 aliphatic carbocycles. The van der Waals surface area contributed by atoms with Gasteiger partial charge in [-0.1, -0.05) is 35.3 Å². The Balaban J connectivity index is 2.02. The highest BCUT2D eigenvalue weighted by molar-refractivity contribution is 6.33. The molecule has 0 aromatic heterocycles. The van der Waals surface area contributed by atoms with Crippen molar-refractivity contribution in [2.45, 2.75) is 12.5 Å². The van der Waals surface area contributed by atoms with Crippen LogP contribution in [0.4, 0.5) is 0 Å². The van der Waals surface area contributed by atoms with Gasteiger partial charge in [-0.15, -0.1) is 0 Å². The molecule has 0 saturated carbocycles. The molecular weight excluding hydrogens is 307 g/mol. The highest BCUT2D eigenvalue weighted by atomic mass is 35.5. The fraction of sp³-hybridized carbons (Fsp3) is 0.188. The zero-order valence-corrected chi connectivity index (χ0v) is 12.7. The summed E-state index contributed by atoms with van der Waals surface area (Å²) in [6.07, 6.45) is 0.842. The van der Waals surface area contributed by atoms with Gasteiger partial charge < -0.3 is 11.1 Å². The van der Waals surface area contributed by atoms with Crippen LogP contribution in [0.5, 0.6) is 0 Å². The number of fused-ring (bicyclic) bond motifs is 1. The van der Waals surface area contributed by atoms with Crippen molar-refractivity contribution in [1.82, 2.24) is 5.32 Å². The Morgan fingerprint density at radius 2 is 1.95 bits per heavy atom. The van der Waals surface area contributed by atoms with E-state index in [4.69, 9.17) is 28.9 Å². The van der Waals surface area contributed by atoms with Crippen LogP contribution in [-0.4, -0.2) is 12.5 Å². The molecule has 0 spiro atoms.